The van der Waals surface area contributed by atoms with E-state index in [-0.39, 0.29) is 0 Å². The van der Waals surface area contributed by atoms with Gasteiger partial charge >= 0.3 is 0 Å². The number of nitrogens with zero attached hydrogens (tertiary/aromatic N) is 1. The molecule has 0 radical (unpaired) electrons. The summed E-state index contributed by atoms with van der Waals surface area (Å²) in [5.74, 6) is 0.769. The van der Waals surface area contributed by atoms with E-state index in [4.69, 9.17) is 0 Å². The zero-order valence-electron chi connectivity index (χ0n) is 7.83. The predicted octanol–water partition coefficient (Wildman–Crippen LogP) is 1.27. The third-order valence-corrected chi connectivity index (χ3v) is 2.30. The SMILES string of the molecule is O=C=NC/C=C\CC1CCCNC1. The van der Waals surface area contributed by atoms with Crippen LogP contribution < -0.4 is 5.32 Å². The maximum Gasteiger partial charge on any atom is 0.235 e. The molecule has 1 unspecified atom stereocenters. The van der Waals surface area contributed by atoms with Crippen molar-refractivity contribution in [3.8, 4) is 0 Å². The van der Waals surface area contributed by atoms with E-state index in [0.29, 0.717) is 6.54 Å². The quantitative estimate of drug-likeness (QED) is 0.402. The minimum Gasteiger partial charge on any atom is -0.316 e. The Morgan fingerprint density at radius 3 is 3.15 bits per heavy atom. The van der Waals surface area contributed by atoms with E-state index in [2.05, 4.69) is 16.4 Å². The summed E-state index contributed by atoms with van der Waals surface area (Å²) < 4.78 is 0. The molecular formula is C10H16N2O. The van der Waals surface area contributed by atoms with Crippen LogP contribution in [0, 0.1) is 5.92 Å². The van der Waals surface area contributed by atoms with Crippen molar-refractivity contribution in [2.45, 2.75) is 19.3 Å². The Kier molecular flexibility index (Phi) is 5.14. The topological polar surface area (TPSA) is 41.5 Å². The van der Waals surface area contributed by atoms with Crippen molar-refractivity contribution in [3.63, 3.8) is 0 Å². The van der Waals surface area contributed by atoms with Crippen LogP contribution >= 0.6 is 0 Å². The average molecular weight is 180 g/mol. The summed E-state index contributed by atoms with van der Waals surface area (Å²) in [6.45, 7) is 2.76. The third-order valence-electron chi connectivity index (χ3n) is 2.30. The molecular weight excluding hydrogens is 164 g/mol. The Balaban J connectivity index is 2.09. The van der Waals surface area contributed by atoms with Crippen molar-refractivity contribution in [2.24, 2.45) is 10.9 Å². The lowest BCUT2D eigenvalue weighted by molar-refractivity contribution is 0.381. The lowest BCUT2D eigenvalue weighted by Gasteiger charge is -2.20. The van der Waals surface area contributed by atoms with Crippen molar-refractivity contribution < 1.29 is 4.79 Å². The number of hydrogen-bond donors (Lipinski definition) is 1. The van der Waals surface area contributed by atoms with Crippen LogP contribution in [0.4, 0.5) is 0 Å². The Bertz CT molecular complexity index is 201. The standard InChI is InChI=1S/C10H16N2O/c13-9-12-6-2-1-4-10-5-3-7-11-8-10/h1-2,10-11H,3-8H2/b2-1-. The molecule has 1 N–H and O–H groups in total. The smallest absolute Gasteiger partial charge is 0.235 e. The summed E-state index contributed by atoms with van der Waals surface area (Å²) >= 11 is 0. The van der Waals surface area contributed by atoms with Gasteiger partial charge in [0.05, 0.1) is 6.54 Å². The van der Waals surface area contributed by atoms with Gasteiger partial charge in [-0.3, -0.25) is 0 Å². The second-order valence-corrected chi connectivity index (χ2v) is 3.35. The maximum atomic E-state index is 9.73. The number of allylic oxidation sites excluding steroid dienone is 1. The van der Waals surface area contributed by atoms with Crippen LogP contribution in [0.2, 0.25) is 0 Å². The number of rotatable bonds is 4. The van der Waals surface area contributed by atoms with E-state index in [1.165, 1.54) is 18.9 Å². The van der Waals surface area contributed by atoms with Crippen molar-refractivity contribution >= 4 is 6.08 Å². The van der Waals surface area contributed by atoms with Crippen LogP contribution in [0.1, 0.15) is 19.3 Å². The monoisotopic (exact) mass is 180 g/mol. The van der Waals surface area contributed by atoms with Crippen LogP contribution in [0.3, 0.4) is 0 Å². The van der Waals surface area contributed by atoms with Gasteiger partial charge in [-0.1, -0.05) is 12.2 Å². The van der Waals surface area contributed by atoms with Gasteiger partial charge in [-0.15, -0.1) is 0 Å². The fraction of sp³-hybridized carbons (Fsp3) is 0.700. The molecule has 0 amide bonds. The molecule has 1 saturated heterocycles. The minimum atomic E-state index is 0.476. The highest BCUT2D eigenvalue weighted by Crippen LogP contribution is 2.13. The summed E-state index contributed by atoms with van der Waals surface area (Å²) in [7, 11) is 0. The van der Waals surface area contributed by atoms with Gasteiger partial charge in [0.25, 0.3) is 0 Å². The predicted molar refractivity (Wildman–Crippen MR) is 52.3 cm³/mol. The van der Waals surface area contributed by atoms with Gasteiger partial charge in [0.1, 0.15) is 0 Å². The highest BCUT2D eigenvalue weighted by molar-refractivity contribution is 5.33. The number of isocyanates is 1. The molecule has 1 atom stereocenters. The van der Waals surface area contributed by atoms with E-state index in [1.54, 1.807) is 0 Å². The van der Waals surface area contributed by atoms with Gasteiger partial charge in [0, 0.05) is 0 Å². The van der Waals surface area contributed by atoms with Crippen molar-refractivity contribution in [1.29, 1.82) is 0 Å². The molecule has 1 aliphatic rings. The molecule has 3 heteroatoms. The van der Waals surface area contributed by atoms with E-state index in [0.717, 1.165) is 25.4 Å². The van der Waals surface area contributed by atoms with Gasteiger partial charge in [0.15, 0.2) is 0 Å². The Morgan fingerprint density at radius 2 is 2.46 bits per heavy atom. The summed E-state index contributed by atoms with van der Waals surface area (Å²) in [5, 5.41) is 3.37. The molecule has 0 aromatic heterocycles. The molecule has 0 saturated carbocycles. The van der Waals surface area contributed by atoms with Crippen molar-refractivity contribution in [3.05, 3.63) is 12.2 Å². The maximum absolute atomic E-state index is 9.73. The summed E-state index contributed by atoms with van der Waals surface area (Å²) in [6, 6.07) is 0. The molecule has 0 aromatic rings. The molecule has 1 rings (SSSR count). The molecule has 0 aliphatic carbocycles. The zero-order valence-corrected chi connectivity index (χ0v) is 7.83. The fourth-order valence-corrected chi connectivity index (χ4v) is 1.58. The van der Waals surface area contributed by atoms with Gasteiger partial charge in [-0.25, -0.2) is 9.79 Å². The summed E-state index contributed by atoms with van der Waals surface area (Å²) in [6.07, 6.45) is 9.25. The Morgan fingerprint density at radius 1 is 1.54 bits per heavy atom. The highest BCUT2D eigenvalue weighted by Gasteiger charge is 2.10. The molecule has 0 aromatic carbocycles. The number of piperidine rings is 1. The highest BCUT2D eigenvalue weighted by atomic mass is 16.1. The molecule has 0 bridgehead atoms. The first-order valence-corrected chi connectivity index (χ1v) is 4.83. The zero-order chi connectivity index (χ0) is 9.36. The molecule has 72 valence electrons. The minimum absolute atomic E-state index is 0.476. The number of carbonyl (C=O) groups excluding carboxylic acids is 1. The molecule has 1 heterocycles. The van der Waals surface area contributed by atoms with Crippen LogP contribution in [0.5, 0.6) is 0 Å². The number of aliphatic imine (C=N–C) groups is 1. The van der Waals surface area contributed by atoms with Crippen LogP contribution in [-0.2, 0) is 4.79 Å². The first-order chi connectivity index (χ1) is 6.43. The lowest BCUT2D eigenvalue weighted by Crippen LogP contribution is -2.29. The van der Waals surface area contributed by atoms with Crippen molar-refractivity contribution in [1.82, 2.24) is 5.32 Å². The van der Waals surface area contributed by atoms with E-state index in [9.17, 15) is 4.79 Å². The Labute approximate surface area is 78.9 Å². The lowest BCUT2D eigenvalue weighted by atomic mass is 9.96. The third kappa shape index (κ3) is 4.61. The average Bonchev–Trinajstić information content (AvgIpc) is 2.19. The number of nitrogens with one attached hydrogen (secondary N) is 1. The molecule has 3 nitrogen and oxygen atoms in total. The largest absolute Gasteiger partial charge is 0.316 e. The van der Waals surface area contributed by atoms with Crippen LogP contribution in [0.25, 0.3) is 0 Å². The van der Waals surface area contributed by atoms with Gasteiger partial charge in [-0.2, -0.15) is 0 Å². The van der Waals surface area contributed by atoms with Gasteiger partial charge in [-0.05, 0) is 38.3 Å². The molecule has 0 spiro atoms. The van der Waals surface area contributed by atoms with Gasteiger partial charge in [0.2, 0.25) is 6.08 Å². The van der Waals surface area contributed by atoms with E-state index < -0.39 is 0 Å². The van der Waals surface area contributed by atoms with Crippen LogP contribution in [-0.4, -0.2) is 25.7 Å². The molecule has 1 aliphatic heterocycles. The van der Waals surface area contributed by atoms with Crippen molar-refractivity contribution in [2.75, 3.05) is 19.6 Å². The first kappa shape index (κ1) is 10.2. The molecule has 13 heavy (non-hydrogen) atoms. The Hall–Kier alpha value is -0.920. The number of hydrogen-bond acceptors (Lipinski definition) is 3. The van der Waals surface area contributed by atoms with Gasteiger partial charge < -0.3 is 5.32 Å². The fourth-order valence-electron chi connectivity index (χ4n) is 1.58. The second-order valence-electron chi connectivity index (χ2n) is 3.35. The first-order valence-electron chi connectivity index (χ1n) is 4.83. The van der Waals surface area contributed by atoms with E-state index >= 15 is 0 Å². The summed E-state index contributed by atoms with van der Waals surface area (Å²) in [4.78, 5) is 13.2. The second kappa shape index (κ2) is 6.58. The normalized spacial score (nSPS) is 22.9. The van der Waals surface area contributed by atoms with E-state index in [1.807, 2.05) is 6.08 Å². The summed E-state index contributed by atoms with van der Waals surface area (Å²) in [5.41, 5.74) is 0. The molecule has 1 fully saturated rings. The van der Waals surface area contributed by atoms with Crippen LogP contribution in [0.15, 0.2) is 17.1 Å².